The van der Waals surface area contributed by atoms with Gasteiger partial charge in [-0.3, -0.25) is 54.0 Å². The first-order chi connectivity index (χ1) is 66.0. The highest BCUT2D eigenvalue weighted by molar-refractivity contribution is 9.10. The molecule has 6 atom stereocenters. The van der Waals surface area contributed by atoms with Gasteiger partial charge in [0, 0.05) is 204 Å². The quantitative estimate of drug-likeness (QED) is 0.0161. The molecule has 33 nitrogen and oxygen atoms in total. The van der Waals surface area contributed by atoms with Crippen LogP contribution < -0.4 is 30.7 Å². The topological polar surface area (TPSA) is 361 Å². The van der Waals surface area contributed by atoms with Gasteiger partial charge in [-0.2, -0.15) is 0 Å². The molecule has 6 amide bonds. The van der Waals surface area contributed by atoms with Gasteiger partial charge in [0.15, 0.2) is 32.5 Å². The molecule has 0 bridgehead atoms. The third kappa shape index (κ3) is 21.6. The van der Waals surface area contributed by atoms with E-state index >= 15 is 0 Å². The third-order valence-corrected chi connectivity index (χ3v) is 28.7. The first-order valence-electron chi connectivity index (χ1n) is 43.8. The van der Waals surface area contributed by atoms with E-state index in [-0.39, 0.29) is 42.8 Å². The lowest BCUT2D eigenvalue weighted by Gasteiger charge is -2.38. The summed E-state index contributed by atoms with van der Waals surface area (Å²) in [5, 5.41) is 27.9. The van der Waals surface area contributed by atoms with Crippen molar-refractivity contribution >= 4 is 180 Å². The Balaban J connectivity index is 0.000000149. The lowest BCUT2D eigenvalue weighted by Crippen LogP contribution is -2.53. The van der Waals surface area contributed by atoms with Crippen molar-refractivity contribution in [2.24, 2.45) is 15.0 Å². The van der Waals surface area contributed by atoms with Crippen molar-refractivity contribution in [3.8, 4) is 0 Å². The highest BCUT2D eigenvalue weighted by atomic mass is 79.9. The van der Waals surface area contributed by atoms with E-state index < -0.39 is 59.0 Å². The van der Waals surface area contributed by atoms with Crippen LogP contribution in [0, 0.1) is 5.82 Å². The van der Waals surface area contributed by atoms with E-state index in [1.165, 1.54) is 66.4 Å². The number of amides is 6. The first-order valence-corrected chi connectivity index (χ1v) is 48.4. The molecule has 9 aliphatic rings. The van der Waals surface area contributed by atoms with Gasteiger partial charge >= 0.3 is 42.0 Å². The number of nitrogens with zero attached hydrogens (tertiary/aromatic N) is 15. The number of aromatic nitrogens is 3. The second kappa shape index (κ2) is 42.5. The minimum Gasteiger partial charge on any atom is -0.478 e. The number of piperazine rings is 3. The number of urea groups is 3. The third-order valence-electron chi connectivity index (χ3n) is 24.8. The smallest absolute Gasteiger partial charge is 0.338 e. The first kappa shape index (κ1) is 97.5. The van der Waals surface area contributed by atoms with Crippen LogP contribution in [0.25, 0.3) is 6.08 Å². The van der Waals surface area contributed by atoms with Crippen LogP contribution in [0.5, 0.6) is 0 Å². The number of carboxylic acid groups (broad SMARTS) is 1. The Bertz CT molecular complexity index is 6310. The van der Waals surface area contributed by atoms with E-state index in [0.717, 1.165) is 39.8 Å². The van der Waals surface area contributed by atoms with Crippen molar-refractivity contribution in [1.29, 1.82) is 0 Å². The predicted octanol–water partition coefficient (Wildman–Crippen LogP) is 14.0. The van der Waals surface area contributed by atoms with Gasteiger partial charge in [-0.05, 0) is 130 Å². The number of carbonyl (C=O) groups is 9. The average Bonchev–Trinajstić information content (AvgIpc) is 1.76. The fourth-order valence-electron chi connectivity index (χ4n) is 17.9. The number of nitrogens with one attached hydrogen (secondary N) is 3. The molecule has 4 N–H and O–H groups in total. The molecule has 0 radical (unpaired) electrons. The van der Waals surface area contributed by atoms with Crippen LogP contribution in [-0.2, 0) is 63.7 Å². The molecular weight excluding hydrogens is 1950 g/mol. The number of benzene rings is 6. The second-order valence-electron chi connectivity index (χ2n) is 34.0. The van der Waals surface area contributed by atoms with Crippen LogP contribution in [0.4, 0.5) is 35.8 Å². The Kier molecular flexibility index (Phi) is 30.3. The SMILES string of the molecule is CCOC(=O)C1=C(CN2CCN3C(=O)N(c4ccc(C(C)(C)OC=O)cc4)C[C@@H]3C2)NC(c2nccs2)=N[C@H]1c1ccc(F)cc1Br.COC(=O)C1=C(CN2CCN3C(=O)N(c4ccc(/C=C/C(=O)O)cc4)C[C@@H]3C2)NC(c2nccs2)=N[C@H]1c1ccccc1Cl.COC(=O)C1=C(CN2CCN3C(=O)N(c4ccc(C(C)(C)OC=O)cc4)C[C@@H]3C2)NC(c2nccs2)=N[C@H]1c1ccc(Cl)cc1Cl. The number of aliphatic carboxylic acids is 1. The maximum Gasteiger partial charge on any atom is 0.338 e. The number of rotatable bonds is 27. The molecule has 12 heterocycles. The molecule has 18 rings (SSSR count). The van der Waals surface area contributed by atoms with Crippen LogP contribution in [0.2, 0.25) is 15.1 Å². The standard InChI is InChI=1S/C33H34BrFN6O5S.C32H32Cl2N6O5S.C31H29ClN6O5S/c1-4-45-31(43)27-26(37-29(30-36-11-14-47-30)38-28(27)24-10-7-21(35)15-25(24)34)18-39-12-13-40-23(16-39)17-41(32(40)44)22-8-5-20(6-9-22)33(2,3)46-19-42;1-32(2,45-18-41)19-4-7-21(8-5-19)40-16-22-15-38(11-12-39(22)31(40)43)17-25-26(30(42)44-3)27(23-9-6-20(33)14-24(23)34)37-28(36-25)29-35-10-13-46-29;1-43-30(41)26-24(34-28(29-33-12-15-44-29)35-27(26)22-4-2-3-5-23(22)32)18-36-13-14-37-21(16-36)17-38(31(37)42)20-9-6-19(7-10-20)8-11-25(39)40/h5-11,14-15,19,23,28H,4,12-13,16-18H2,1-3H3,(H,37,38);4-10,13-14,18,22,27H,11-12,15-17H2,1-3H3,(H,36,37);2-12,15,21,27H,13-14,16-18H2,1H3,(H,34,35)(H,39,40)/b;;11-8+/t23-,28-;22-,27-;21-,27-/m000/s1. The summed E-state index contributed by atoms with van der Waals surface area (Å²) in [6, 6.07) is 36.4. The largest absolute Gasteiger partial charge is 0.478 e. The van der Waals surface area contributed by atoms with Crippen LogP contribution in [0.1, 0.15) is 101 Å². The molecule has 6 fully saturated rings. The summed E-state index contributed by atoms with van der Waals surface area (Å²) in [4.78, 5) is 159. The molecule has 0 spiro atoms. The second-order valence-corrected chi connectivity index (χ2v) is 38.8. The zero-order chi connectivity index (χ0) is 96.7. The Morgan fingerprint density at radius 3 is 1.26 bits per heavy atom. The Hall–Kier alpha value is -12.6. The monoisotopic (exact) mass is 2040 g/mol. The van der Waals surface area contributed by atoms with Gasteiger partial charge in [-0.1, -0.05) is 117 Å². The predicted molar refractivity (Wildman–Crippen MR) is 523 cm³/mol. The molecule has 3 aromatic heterocycles. The van der Waals surface area contributed by atoms with E-state index in [2.05, 4.69) is 61.5 Å². The van der Waals surface area contributed by atoms with Gasteiger partial charge < -0.3 is 59.4 Å². The number of fused-ring (bicyclic) bond motifs is 3. The Morgan fingerprint density at radius 2 is 0.891 bits per heavy atom. The average molecular weight is 2040 g/mol. The molecule has 9 aromatic rings. The Morgan fingerprint density at radius 1 is 0.504 bits per heavy atom. The van der Waals surface area contributed by atoms with Crippen LogP contribution >= 0.6 is 84.7 Å². The van der Waals surface area contributed by atoms with Gasteiger partial charge in [0.05, 0.1) is 55.7 Å². The number of carbonyl (C=O) groups excluding carboxylic acids is 8. The van der Waals surface area contributed by atoms with Crippen LogP contribution in [0.15, 0.2) is 228 Å². The van der Waals surface area contributed by atoms with Gasteiger partial charge in [0.1, 0.15) is 35.1 Å². The van der Waals surface area contributed by atoms with Crippen molar-refractivity contribution < 1.29 is 76.3 Å². The van der Waals surface area contributed by atoms with Crippen molar-refractivity contribution in [2.75, 3.05) is 134 Å². The zero-order valence-electron chi connectivity index (χ0n) is 75.2. The number of hydrogen-bond donors (Lipinski definition) is 4. The molecular formula is C96H95BrCl3FN18O15S3. The Labute approximate surface area is 823 Å². The van der Waals surface area contributed by atoms with Gasteiger partial charge in [-0.15, -0.1) is 34.0 Å². The molecule has 6 aromatic carbocycles. The van der Waals surface area contributed by atoms with Crippen molar-refractivity contribution in [3.05, 3.63) is 282 Å². The minimum atomic E-state index is -1.02. The minimum absolute atomic E-state index is 0.0540. The molecule has 0 unspecified atom stereocenters. The van der Waals surface area contributed by atoms with Crippen molar-refractivity contribution in [1.82, 2.24) is 60.3 Å². The number of thiazole rings is 3. The van der Waals surface area contributed by atoms with E-state index in [9.17, 15) is 47.5 Å². The summed E-state index contributed by atoms with van der Waals surface area (Å²) >= 11 is 27.2. The molecule has 712 valence electrons. The summed E-state index contributed by atoms with van der Waals surface area (Å²) in [5.41, 5.74) is 8.01. The summed E-state index contributed by atoms with van der Waals surface area (Å²) in [6.45, 7) is 17.8. The van der Waals surface area contributed by atoms with E-state index in [1.807, 2.05) is 137 Å². The number of aliphatic imine (C=N–C) groups is 3. The zero-order valence-corrected chi connectivity index (χ0v) is 81.5. The maximum absolute atomic E-state index is 14.1. The summed E-state index contributed by atoms with van der Waals surface area (Å²) in [6.07, 6.45) is 7.68. The molecule has 6 saturated heterocycles. The van der Waals surface area contributed by atoms with E-state index in [4.69, 9.17) is 78.6 Å². The fourth-order valence-corrected chi connectivity index (χ4v) is 21.0. The lowest BCUT2D eigenvalue weighted by atomic mass is 9.95. The van der Waals surface area contributed by atoms with Gasteiger partial charge in [0.2, 0.25) is 0 Å². The van der Waals surface area contributed by atoms with Crippen LogP contribution in [-0.4, -0.2) is 259 Å². The molecule has 0 aliphatic carbocycles. The van der Waals surface area contributed by atoms with E-state index in [0.29, 0.717) is 214 Å². The molecule has 137 heavy (non-hydrogen) atoms. The summed E-state index contributed by atoms with van der Waals surface area (Å²) in [7, 11) is 2.69. The molecule has 9 aliphatic heterocycles. The molecule has 0 saturated carbocycles. The number of amidine groups is 3. The number of esters is 3. The highest BCUT2D eigenvalue weighted by Gasteiger charge is 2.48. The summed E-state index contributed by atoms with van der Waals surface area (Å²) in [5.74, 6) is -1.37. The normalized spacial score (nSPS) is 20.3. The lowest BCUT2D eigenvalue weighted by molar-refractivity contribution is -0.142. The van der Waals surface area contributed by atoms with Crippen molar-refractivity contribution in [3.63, 3.8) is 0 Å². The number of ether oxygens (including phenoxy) is 5. The van der Waals surface area contributed by atoms with Gasteiger partial charge in [-0.25, -0.2) is 52.9 Å². The van der Waals surface area contributed by atoms with Gasteiger partial charge in [0.25, 0.3) is 12.9 Å². The van der Waals surface area contributed by atoms with Crippen LogP contribution in [0.3, 0.4) is 0 Å². The summed E-state index contributed by atoms with van der Waals surface area (Å²) < 4.78 is 41.0. The fraction of sp³-hybridized carbons (Fsp3) is 0.323. The van der Waals surface area contributed by atoms with Crippen molar-refractivity contribution in [2.45, 2.75) is 82.1 Å². The maximum atomic E-state index is 14.1. The number of halogens is 5. The number of anilines is 3. The number of carboxylic acids is 1. The highest BCUT2D eigenvalue weighted by Crippen LogP contribution is 2.44. The number of methoxy groups -OCH3 is 2. The number of hydrogen-bond acceptors (Lipinski definition) is 29. The van der Waals surface area contributed by atoms with E-state index in [1.54, 1.807) is 82.7 Å². The molecule has 41 heteroatoms.